The van der Waals surface area contributed by atoms with Crippen molar-refractivity contribution in [2.24, 2.45) is 0 Å². The Kier molecular flexibility index (Phi) is 6.74. The summed E-state index contributed by atoms with van der Waals surface area (Å²) in [6.45, 7) is 0.783. The molecule has 6 rings (SSSR count). The molecule has 38 heavy (non-hydrogen) atoms. The van der Waals surface area contributed by atoms with Crippen LogP contribution in [0.25, 0.3) is 33.9 Å². The lowest BCUT2D eigenvalue weighted by molar-refractivity contribution is 0.0916. The molecular weight excluding hydrogens is 551 g/mol. The van der Waals surface area contributed by atoms with Gasteiger partial charge in [-0.1, -0.05) is 23.7 Å². The number of pyridine rings is 1. The van der Waals surface area contributed by atoms with Gasteiger partial charge in [0, 0.05) is 19.1 Å². The average Bonchev–Trinajstić information content (AvgIpc) is 3.68. The van der Waals surface area contributed by atoms with Gasteiger partial charge >= 0.3 is 0 Å². The number of nitrogens with one attached hydrogen (secondary N) is 2. The summed E-state index contributed by atoms with van der Waals surface area (Å²) in [5.41, 5.74) is 2.11. The highest BCUT2D eigenvalue weighted by Gasteiger charge is 2.33. The molecule has 10 nitrogen and oxygen atoms in total. The topological polar surface area (TPSA) is 122 Å². The zero-order valence-corrected chi connectivity index (χ0v) is 22.1. The van der Waals surface area contributed by atoms with Crippen LogP contribution in [-0.2, 0) is 11.9 Å². The molecule has 2 atom stereocenters. The molecule has 1 saturated heterocycles. The monoisotopic (exact) mass is 570 g/mol. The minimum Gasteiger partial charge on any atom is -0.347 e. The number of nitrogens with zero attached hydrogens (tertiary/aromatic N) is 6. The second kappa shape index (κ2) is 10.3. The molecule has 0 aliphatic carbocycles. The fourth-order valence-electron chi connectivity index (χ4n) is 4.76. The number of H-pyrrole nitrogens is 1. The van der Waals surface area contributed by atoms with Crippen molar-refractivity contribution in [3.8, 4) is 22.9 Å². The van der Waals surface area contributed by atoms with Crippen LogP contribution in [-0.4, -0.2) is 63.3 Å². The number of aromatic nitrogens is 6. The largest absolute Gasteiger partial charge is 0.347 e. The van der Waals surface area contributed by atoms with Crippen LogP contribution in [0.1, 0.15) is 22.1 Å². The van der Waals surface area contributed by atoms with Crippen molar-refractivity contribution in [1.82, 2.24) is 39.3 Å². The van der Waals surface area contributed by atoms with Gasteiger partial charge in [0.15, 0.2) is 5.82 Å². The van der Waals surface area contributed by atoms with Crippen molar-refractivity contribution < 1.29 is 13.4 Å². The third kappa shape index (κ3) is 4.73. The predicted molar refractivity (Wildman–Crippen MR) is 144 cm³/mol. The second-order valence-corrected chi connectivity index (χ2v) is 11.2. The van der Waals surface area contributed by atoms with Crippen LogP contribution in [0.5, 0.6) is 0 Å². The molecule has 4 aromatic heterocycles. The zero-order chi connectivity index (χ0) is 26.2. The smallest absolute Gasteiger partial charge is 0.261 e. The van der Waals surface area contributed by atoms with Crippen molar-refractivity contribution in [3.63, 3.8) is 0 Å². The number of rotatable bonds is 6. The standard InChI is InChI=1S/C24H20ClFN8O2S2/c25-21-6-5-20(37-21)24(35)30-13-7-14(11-33(10-13)38-36)34-19-8-17(22-28-12-29-32-22)27-9-18(19)31-23(34)15-3-1-2-4-16(15)26/h1-6,8-9,12-14,38H,7,10-11H2,(H,30,35)(H,28,29,32)/t13-,14+/m1/s1. The number of piperidine rings is 1. The molecular formula is C24H20ClFN8O2S2. The van der Waals surface area contributed by atoms with E-state index in [0.717, 1.165) is 0 Å². The highest BCUT2D eigenvalue weighted by atomic mass is 35.5. The number of hydrogen-bond acceptors (Lipinski definition) is 7. The zero-order valence-electron chi connectivity index (χ0n) is 19.6. The van der Waals surface area contributed by atoms with Gasteiger partial charge in [0.2, 0.25) is 0 Å². The summed E-state index contributed by atoms with van der Waals surface area (Å²) in [4.78, 5) is 26.7. The molecule has 0 saturated carbocycles. The molecule has 1 aliphatic heterocycles. The van der Waals surface area contributed by atoms with Crippen LogP contribution in [0.3, 0.4) is 0 Å². The van der Waals surface area contributed by atoms with Crippen molar-refractivity contribution >= 4 is 51.7 Å². The Hall–Kier alpha value is -3.52. The molecule has 0 radical (unpaired) electrons. The predicted octanol–water partition coefficient (Wildman–Crippen LogP) is 3.64. The van der Waals surface area contributed by atoms with Gasteiger partial charge in [0.1, 0.15) is 29.2 Å². The van der Waals surface area contributed by atoms with Gasteiger partial charge in [-0.2, -0.15) is 5.10 Å². The third-order valence-corrected chi connectivity index (χ3v) is 8.14. The maximum atomic E-state index is 15.0. The van der Waals surface area contributed by atoms with Crippen LogP contribution in [0.4, 0.5) is 4.39 Å². The van der Waals surface area contributed by atoms with Crippen LogP contribution in [0, 0.1) is 5.82 Å². The first-order chi connectivity index (χ1) is 18.5. The molecule has 5 heterocycles. The Morgan fingerprint density at radius 1 is 1.21 bits per heavy atom. The van der Waals surface area contributed by atoms with Gasteiger partial charge in [-0.25, -0.2) is 22.9 Å². The molecule has 14 heteroatoms. The van der Waals surface area contributed by atoms with E-state index in [9.17, 15) is 9.00 Å². The first-order valence-electron chi connectivity index (χ1n) is 11.6. The lowest BCUT2D eigenvalue weighted by Crippen LogP contribution is -2.49. The number of halogens is 2. The summed E-state index contributed by atoms with van der Waals surface area (Å²) in [6, 6.07) is 10.9. The van der Waals surface area contributed by atoms with E-state index in [1.807, 2.05) is 10.6 Å². The van der Waals surface area contributed by atoms with Crippen LogP contribution in [0.2, 0.25) is 4.34 Å². The lowest BCUT2D eigenvalue weighted by Gasteiger charge is -2.36. The number of carbonyl (C=O) groups is 1. The van der Waals surface area contributed by atoms with E-state index < -0.39 is 5.82 Å². The molecule has 194 valence electrons. The molecule has 0 bridgehead atoms. The van der Waals surface area contributed by atoms with E-state index in [4.69, 9.17) is 16.6 Å². The number of thiol groups is 1. The number of hydrogen-bond donors (Lipinski definition) is 3. The van der Waals surface area contributed by atoms with E-state index in [1.165, 1.54) is 23.7 Å². The molecule has 1 aromatic carbocycles. The maximum Gasteiger partial charge on any atom is 0.261 e. The van der Waals surface area contributed by atoms with E-state index in [1.54, 1.807) is 40.8 Å². The lowest BCUT2D eigenvalue weighted by atomic mass is 10.0. The Morgan fingerprint density at radius 2 is 2.08 bits per heavy atom. The van der Waals surface area contributed by atoms with Gasteiger partial charge < -0.3 is 9.88 Å². The number of aromatic amines is 1. The number of fused-ring (bicyclic) bond motifs is 1. The van der Waals surface area contributed by atoms with Crippen molar-refractivity contribution in [1.29, 1.82) is 0 Å². The molecule has 0 unspecified atom stereocenters. The number of amides is 1. The van der Waals surface area contributed by atoms with Crippen LogP contribution < -0.4 is 5.32 Å². The summed E-state index contributed by atoms with van der Waals surface area (Å²) >= 11 is 7.02. The Labute approximate surface area is 228 Å². The second-order valence-electron chi connectivity index (χ2n) is 8.78. The third-order valence-electron chi connectivity index (χ3n) is 6.36. The molecule has 5 aromatic rings. The normalized spacial score (nSPS) is 18.2. The van der Waals surface area contributed by atoms with E-state index >= 15 is 4.39 Å². The summed E-state index contributed by atoms with van der Waals surface area (Å²) in [5, 5.41) is 9.84. The van der Waals surface area contributed by atoms with Crippen LogP contribution >= 0.6 is 22.9 Å². The molecule has 2 N–H and O–H groups in total. The van der Waals surface area contributed by atoms with Crippen molar-refractivity contribution in [2.75, 3.05) is 13.1 Å². The first kappa shape index (κ1) is 24.8. The first-order valence-corrected chi connectivity index (χ1v) is 13.6. The van der Waals surface area contributed by atoms with Gasteiger partial charge in [0.25, 0.3) is 5.91 Å². The molecule has 1 aliphatic rings. The Bertz CT molecular complexity index is 1640. The average molecular weight is 571 g/mol. The maximum absolute atomic E-state index is 15.0. The number of benzene rings is 1. The quantitative estimate of drug-likeness (QED) is 0.268. The minimum absolute atomic E-state index is 0.177. The van der Waals surface area contributed by atoms with E-state index in [2.05, 4.69) is 25.5 Å². The fraction of sp³-hybridized carbons (Fsp3) is 0.208. The number of thiophene rings is 1. The van der Waals surface area contributed by atoms with E-state index in [0.29, 0.717) is 62.7 Å². The Balaban J connectivity index is 1.44. The number of imidazole rings is 1. The van der Waals surface area contributed by atoms with Crippen LogP contribution in [0.15, 0.2) is 55.0 Å². The Morgan fingerprint density at radius 3 is 2.82 bits per heavy atom. The summed E-state index contributed by atoms with van der Waals surface area (Å²) in [6.07, 6.45) is 3.57. The van der Waals surface area contributed by atoms with Gasteiger partial charge in [-0.05, 0) is 36.8 Å². The van der Waals surface area contributed by atoms with Gasteiger partial charge in [0.05, 0.1) is 44.4 Å². The van der Waals surface area contributed by atoms with Crippen molar-refractivity contribution in [3.05, 3.63) is 70.0 Å². The minimum atomic E-state index is -0.416. The highest BCUT2D eigenvalue weighted by Crippen LogP contribution is 2.35. The molecule has 1 fully saturated rings. The summed E-state index contributed by atoms with van der Waals surface area (Å²) in [7, 11) is 0. The highest BCUT2D eigenvalue weighted by molar-refractivity contribution is 7.63. The molecule has 0 spiro atoms. The fourth-order valence-corrected chi connectivity index (χ4v) is 6.22. The van der Waals surface area contributed by atoms with Gasteiger partial charge in [-0.3, -0.25) is 14.9 Å². The molecule has 1 amide bonds. The summed E-state index contributed by atoms with van der Waals surface area (Å²) < 4.78 is 31.2. The SMILES string of the molecule is O=[SH]N1C[C@H](NC(=O)c2ccc(Cl)s2)C[C@H](n2c(-c3ccccc3F)nc3cnc(-c4nc[nH]n4)cc32)C1. The van der Waals surface area contributed by atoms with E-state index in [-0.39, 0.29) is 29.8 Å². The van der Waals surface area contributed by atoms with Crippen molar-refractivity contribution in [2.45, 2.75) is 18.5 Å². The van der Waals surface area contributed by atoms with Gasteiger partial charge in [-0.15, -0.1) is 11.3 Å². The number of carbonyl (C=O) groups excluding carboxylic acids is 1. The summed E-state index contributed by atoms with van der Waals surface area (Å²) in [5.74, 6) is 0.156.